The third-order valence-electron chi connectivity index (χ3n) is 20.7. The van der Waals surface area contributed by atoms with Crippen molar-refractivity contribution in [3.05, 3.63) is 0 Å². The maximum atomic E-state index is 13.2. The summed E-state index contributed by atoms with van der Waals surface area (Å²) >= 11 is 0. The molecular formula is C88H172O17P2. The van der Waals surface area contributed by atoms with Crippen molar-refractivity contribution in [2.75, 3.05) is 39.6 Å². The fourth-order valence-electron chi connectivity index (χ4n) is 13.8. The number of phosphoric ester groups is 2. The molecule has 636 valence electrons. The van der Waals surface area contributed by atoms with Gasteiger partial charge in [0.2, 0.25) is 0 Å². The van der Waals surface area contributed by atoms with Crippen LogP contribution in [0, 0.1) is 11.8 Å². The molecular weight excluding hydrogens is 1390 g/mol. The summed E-state index contributed by atoms with van der Waals surface area (Å²) in [6.07, 6.45) is 72.3. The number of carbonyl (C=O) groups excluding carboxylic acids is 4. The van der Waals surface area contributed by atoms with Crippen LogP contribution in [-0.2, 0) is 65.4 Å². The molecule has 0 radical (unpaired) electrons. The molecule has 3 N–H and O–H groups in total. The molecule has 0 spiro atoms. The average Bonchev–Trinajstić information content (AvgIpc) is 0.912. The molecule has 17 nitrogen and oxygen atoms in total. The second kappa shape index (κ2) is 79.3. The summed E-state index contributed by atoms with van der Waals surface area (Å²) in [5, 5.41) is 10.7. The number of hydrogen-bond donors (Lipinski definition) is 3. The molecule has 0 aromatic rings. The summed E-state index contributed by atoms with van der Waals surface area (Å²) < 4.78 is 69.0. The van der Waals surface area contributed by atoms with Crippen LogP contribution >= 0.6 is 15.6 Å². The van der Waals surface area contributed by atoms with E-state index in [4.69, 9.17) is 37.0 Å². The van der Waals surface area contributed by atoms with Crippen molar-refractivity contribution in [1.82, 2.24) is 0 Å². The van der Waals surface area contributed by atoms with Crippen molar-refractivity contribution in [2.24, 2.45) is 11.8 Å². The fourth-order valence-corrected chi connectivity index (χ4v) is 15.4. The van der Waals surface area contributed by atoms with Crippen molar-refractivity contribution in [3.8, 4) is 0 Å². The average molecular weight is 1560 g/mol. The Morgan fingerprint density at radius 3 is 0.636 bits per heavy atom. The topological polar surface area (TPSA) is 237 Å². The van der Waals surface area contributed by atoms with E-state index >= 15 is 0 Å². The third kappa shape index (κ3) is 81.9. The van der Waals surface area contributed by atoms with Gasteiger partial charge >= 0.3 is 39.5 Å². The number of esters is 4. The third-order valence-corrected chi connectivity index (χ3v) is 22.6. The maximum absolute atomic E-state index is 13.2. The first-order valence-corrected chi connectivity index (χ1v) is 48.5. The molecule has 0 amide bonds. The van der Waals surface area contributed by atoms with Gasteiger partial charge in [0.05, 0.1) is 26.4 Å². The van der Waals surface area contributed by atoms with Crippen LogP contribution in [0.1, 0.15) is 472 Å². The van der Waals surface area contributed by atoms with E-state index in [1.807, 2.05) is 0 Å². The lowest BCUT2D eigenvalue weighted by Gasteiger charge is -2.21. The molecule has 0 aromatic carbocycles. The molecule has 2 unspecified atom stereocenters. The normalized spacial score (nSPS) is 13.8. The van der Waals surface area contributed by atoms with E-state index in [2.05, 4.69) is 41.5 Å². The second-order valence-electron chi connectivity index (χ2n) is 32.6. The first-order valence-electron chi connectivity index (χ1n) is 45.5. The minimum Gasteiger partial charge on any atom is -0.462 e. The lowest BCUT2D eigenvalue weighted by atomic mass is 10.0. The molecule has 0 aliphatic carbocycles. The SMILES string of the molecule is CCCCCCCCCCCCCCCCCCCCCC(=O)OC[C@H](COP(=O)(O)OC[C@@H](O)COP(=O)(O)OC[C@@H](COC(=O)CCCCCCCCCCC(C)C)OC(=O)CCCCCCCCCCCCCCCCCC(C)C)OC(=O)CCCCCCCCCCCCCCCCCCCCC. The molecule has 0 saturated carbocycles. The van der Waals surface area contributed by atoms with E-state index in [-0.39, 0.29) is 25.7 Å². The minimum atomic E-state index is -4.97. The highest BCUT2D eigenvalue weighted by molar-refractivity contribution is 7.47. The van der Waals surface area contributed by atoms with Gasteiger partial charge in [-0.25, -0.2) is 9.13 Å². The smallest absolute Gasteiger partial charge is 0.462 e. The van der Waals surface area contributed by atoms with Gasteiger partial charge < -0.3 is 33.8 Å². The lowest BCUT2D eigenvalue weighted by Crippen LogP contribution is -2.30. The van der Waals surface area contributed by atoms with Crippen LogP contribution in [0.15, 0.2) is 0 Å². The van der Waals surface area contributed by atoms with Crippen molar-refractivity contribution >= 4 is 39.5 Å². The quantitative estimate of drug-likeness (QED) is 0.0222. The van der Waals surface area contributed by atoms with E-state index < -0.39 is 97.5 Å². The van der Waals surface area contributed by atoms with Crippen LogP contribution in [-0.4, -0.2) is 96.7 Å². The second-order valence-corrected chi connectivity index (χ2v) is 35.5. The molecule has 0 rings (SSSR count). The number of unbranched alkanes of at least 4 members (excludes halogenated alkanes) is 57. The van der Waals surface area contributed by atoms with Gasteiger partial charge in [-0.1, -0.05) is 420 Å². The number of rotatable bonds is 87. The predicted molar refractivity (Wildman–Crippen MR) is 442 cm³/mol. The Balaban J connectivity index is 5.24. The monoisotopic (exact) mass is 1560 g/mol. The largest absolute Gasteiger partial charge is 0.472 e. The van der Waals surface area contributed by atoms with E-state index in [9.17, 15) is 43.2 Å². The number of hydrogen-bond acceptors (Lipinski definition) is 15. The Bertz CT molecular complexity index is 2050. The summed E-state index contributed by atoms with van der Waals surface area (Å²) in [5.74, 6) is -0.571. The number of carbonyl (C=O) groups is 4. The lowest BCUT2D eigenvalue weighted by molar-refractivity contribution is -0.161. The van der Waals surface area contributed by atoms with Crippen molar-refractivity contribution < 1.29 is 80.2 Å². The van der Waals surface area contributed by atoms with E-state index in [0.717, 1.165) is 102 Å². The number of ether oxygens (including phenoxy) is 4. The van der Waals surface area contributed by atoms with Gasteiger partial charge in [-0.15, -0.1) is 0 Å². The molecule has 0 aliphatic rings. The number of phosphoric acid groups is 2. The standard InChI is InChI=1S/C88H172O17P2/c1-7-9-11-13-15-17-19-21-23-25-27-29-33-37-41-45-52-58-64-70-85(90)98-76-83(104-87(92)72-66-60-54-46-42-38-34-30-28-26-24-22-20-18-16-14-12-10-8-2)78-102-106(94,95)100-74-82(89)75-101-107(96,97)103-79-84(77-99-86(91)71-65-59-53-49-48-51-57-63-69-81(5)6)105-88(93)73-67-61-55-47-43-39-35-31-32-36-40-44-50-56-62-68-80(3)4/h80-84,89H,7-79H2,1-6H3,(H,94,95)(H,96,97)/t82-,83-,84-/m1/s1. The van der Waals surface area contributed by atoms with Crippen LogP contribution in [0.25, 0.3) is 0 Å². The van der Waals surface area contributed by atoms with Crippen LogP contribution in [0.3, 0.4) is 0 Å². The summed E-state index contributed by atoms with van der Waals surface area (Å²) in [5.41, 5.74) is 0. The van der Waals surface area contributed by atoms with Gasteiger partial charge in [-0.2, -0.15) is 0 Å². The first kappa shape index (κ1) is 105. The molecule has 107 heavy (non-hydrogen) atoms. The Kier molecular flexibility index (Phi) is 77.9. The van der Waals surface area contributed by atoms with E-state index in [0.29, 0.717) is 25.7 Å². The highest BCUT2D eigenvalue weighted by Gasteiger charge is 2.30. The Labute approximate surface area is 658 Å². The van der Waals surface area contributed by atoms with Crippen LogP contribution < -0.4 is 0 Å². The van der Waals surface area contributed by atoms with Crippen molar-refractivity contribution in [1.29, 1.82) is 0 Å². The van der Waals surface area contributed by atoms with E-state index in [1.54, 1.807) is 0 Å². The van der Waals surface area contributed by atoms with Crippen molar-refractivity contribution in [2.45, 2.75) is 490 Å². The van der Waals surface area contributed by atoms with E-state index in [1.165, 1.54) is 289 Å². The molecule has 0 aliphatic heterocycles. The van der Waals surface area contributed by atoms with Gasteiger partial charge in [0.1, 0.15) is 19.3 Å². The highest BCUT2D eigenvalue weighted by atomic mass is 31.2. The Hall–Kier alpha value is -1.94. The Morgan fingerprint density at radius 2 is 0.430 bits per heavy atom. The first-order chi connectivity index (χ1) is 51.9. The molecule has 5 atom stereocenters. The van der Waals surface area contributed by atoms with Gasteiger partial charge in [0.15, 0.2) is 12.2 Å². The molecule has 0 bridgehead atoms. The van der Waals surface area contributed by atoms with Crippen LogP contribution in [0.2, 0.25) is 0 Å². The highest BCUT2D eigenvalue weighted by Crippen LogP contribution is 2.45. The zero-order valence-corrected chi connectivity index (χ0v) is 72.2. The summed E-state index contributed by atoms with van der Waals surface area (Å²) in [6.45, 7) is 9.68. The predicted octanol–water partition coefficient (Wildman–Crippen LogP) is 27.0. The molecule has 19 heteroatoms. The van der Waals surface area contributed by atoms with Gasteiger partial charge in [0, 0.05) is 25.7 Å². The molecule has 0 fully saturated rings. The summed E-state index contributed by atoms with van der Waals surface area (Å²) in [4.78, 5) is 73.3. The van der Waals surface area contributed by atoms with Crippen molar-refractivity contribution in [3.63, 3.8) is 0 Å². The number of aliphatic hydroxyl groups excluding tert-OH is 1. The maximum Gasteiger partial charge on any atom is 0.472 e. The van der Waals surface area contributed by atoms with Gasteiger partial charge in [-0.3, -0.25) is 37.3 Å². The van der Waals surface area contributed by atoms with Gasteiger partial charge in [-0.05, 0) is 37.5 Å². The van der Waals surface area contributed by atoms with Crippen LogP contribution in [0.4, 0.5) is 0 Å². The minimum absolute atomic E-state index is 0.108. The molecule has 0 heterocycles. The Morgan fingerprint density at radius 1 is 0.252 bits per heavy atom. The molecule has 0 aromatic heterocycles. The van der Waals surface area contributed by atoms with Gasteiger partial charge in [0.25, 0.3) is 0 Å². The zero-order valence-electron chi connectivity index (χ0n) is 70.5. The van der Waals surface area contributed by atoms with Crippen LogP contribution in [0.5, 0.6) is 0 Å². The molecule has 0 saturated heterocycles. The fraction of sp³-hybridized carbons (Fsp3) is 0.955. The number of aliphatic hydroxyl groups is 1. The summed E-state index contributed by atoms with van der Waals surface area (Å²) in [6, 6.07) is 0. The zero-order chi connectivity index (χ0) is 78.5. The summed E-state index contributed by atoms with van der Waals surface area (Å²) in [7, 11) is -9.93.